The van der Waals surface area contributed by atoms with Gasteiger partial charge in [0.25, 0.3) is 5.69 Å². The van der Waals surface area contributed by atoms with E-state index in [-0.39, 0.29) is 12.3 Å². The molecule has 1 aliphatic rings. The molecule has 1 amide bonds. The van der Waals surface area contributed by atoms with Crippen molar-refractivity contribution in [1.29, 1.82) is 0 Å². The van der Waals surface area contributed by atoms with Gasteiger partial charge in [-0.15, -0.1) is 0 Å². The number of rotatable bonds is 4. The lowest BCUT2D eigenvalue weighted by Gasteiger charge is -2.33. The molecule has 0 saturated carbocycles. The predicted molar refractivity (Wildman–Crippen MR) is 75.0 cm³/mol. The molecule has 108 valence electrons. The fraction of sp³-hybridized carbons (Fsp3) is 0.417. The Morgan fingerprint density at radius 1 is 1.60 bits per heavy atom. The molecule has 1 aliphatic heterocycles. The lowest BCUT2D eigenvalue weighted by molar-refractivity contribution is -0.385. The number of morpholine rings is 1. The number of primary amides is 1. The average Bonchev–Trinajstić information content (AvgIpc) is 2.41. The van der Waals surface area contributed by atoms with Crippen LogP contribution in [-0.4, -0.2) is 41.5 Å². The Morgan fingerprint density at radius 3 is 3.00 bits per heavy atom. The first kappa shape index (κ1) is 14.9. The van der Waals surface area contributed by atoms with Gasteiger partial charge >= 0.3 is 0 Å². The van der Waals surface area contributed by atoms with Gasteiger partial charge in [0.15, 0.2) is 0 Å². The van der Waals surface area contributed by atoms with E-state index in [4.69, 9.17) is 10.5 Å². The highest BCUT2D eigenvalue weighted by molar-refractivity contribution is 9.10. The summed E-state index contributed by atoms with van der Waals surface area (Å²) in [6, 6.07) is 4.33. The van der Waals surface area contributed by atoms with Gasteiger partial charge < -0.3 is 10.5 Å². The van der Waals surface area contributed by atoms with Crippen molar-refractivity contribution in [3.05, 3.63) is 38.3 Å². The van der Waals surface area contributed by atoms with Crippen molar-refractivity contribution in [3.63, 3.8) is 0 Å². The van der Waals surface area contributed by atoms with Crippen LogP contribution in [0.3, 0.4) is 0 Å². The SMILES string of the molecule is NC(=O)C1COCCN1Cc1cccc([N+](=O)[O-])c1Br. The van der Waals surface area contributed by atoms with E-state index >= 15 is 0 Å². The van der Waals surface area contributed by atoms with E-state index < -0.39 is 16.9 Å². The number of ether oxygens (including phenoxy) is 1. The first-order valence-electron chi connectivity index (χ1n) is 6.03. The zero-order valence-corrected chi connectivity index (χ0v) is 12.2. The normalized spacial score (nSPS) is 19.8. The molecule has 1 unspecified atom stereocenters. The highest BCUT2D eigenvalue weighted by Crippen LogP contribution is 2.29. The van der Waals surface area contributed by atoms with Crippen LogP contribution in [0.1, 0.15) is 5.56 Å². The first-order chi connectivity index (χ1) is 9.50. The molecule has 1 atom stereocenters. The number of nitro benzene ring substituents is 1. The number of benzene rings is 1. The number of carbonyl (C=O) groups excluding carboxylic acids is 1. The van der Waals surface area contributed by atoms with Gasteiger partial charge in [-0.05, 0) is 21.5 Å². The van der Waals surface area contributed by atoms with Gasteiger partial charge in [-0.2, -0.15) is 0 Å². The second kappa shape index (κ2) is 6.29. The molecule has 1 aromatic rings. The average molecular weight is 344 g/mol. The molecule has 2 N–H and O–H groups in total. The van der Waals surface area contributed by atoms with E-state index in [9.17, 15) is 14.9 Å². The Kier molecular flexibility index (Phi) is 4.69. The summed E-state index contributed by atoms with van der Waals surface area (Å²) in [5.41, 5.74) is 6.10. The minimum Gasteiger partial charge on any atom is -0.378 e. The number of hydrogen-bond acceptors (Lipinski definition) is 5. The van der Waals surface area contributed by atoms with Crippen LogP contribution in [0, 0.1) is 10.1 Å². The van der Waals surface area contributed by atoms with E-state index in [1.165, 1.54) is 6.07 Å². The van der Waals surface area contributed by atoms with Crippen molar-refractivity contribution in [3.8, 4) is 0 Å². The maximum Gasteiger partial charge on any atom is 0.283 e. The van der Waals surface area contributed by atoms with Gasteiger partial charge in [-0.3, -0.25) is 19.8 Å². The molecule has 0 radical (unpaired) electrons. The van der Waals surface area contributed by atoms with Crippen molar-refractivity contribution in [2.45, 2.75) is 12.6 Å². The van der Waals surface area contributed by atoms with E-state index in [1.54, 1.807) is 12.1 Å². The van der Waals surface area contributed by atoms with Crippen LogP contribution in [-0.2, 0) is 16.1 Å². The van der Waals surface area contributed by atoms with Gasteiger partial charge in [-0.25, -0.2) is 0 Å². The van der Waals surface area contributed by atoms with Crippen LogP contribution in [0.4, 0.5) is 5.69 Å². The van der Waals surface area contributed by atoms with Gasteiger partial charge in [0.05, 0.1) is 22.6 Å². The monoisotopic (exact) mass is 343 g/mol. The van der Waals surface area contributed by atoms with Crippen molar-refractivity contribution in [1.82, 2.24) is 4.90 Å². The summed E-state index contributed by atoms with van der Waals surface area (Å²) in [4.78, 5) is 23.7. The summed E-state index contributed by atoms with van der Waals surface area (Å²) in [5, 5.41) is 10.9. The number of nitrogens with two attached hydrogens (primary N) is 1. The molecule has 8 heteroatoms. The Balaban J connectivity index is 2.22. The molecule has 1 aromatic carbocycles. The molecule has 0 bridgehead atoms. The maximum atomic E-state index is 11.4. The van der Waals surface area contributed by atoms with Gasteiger partial charge in [0, 0.05) is 19.2 Å². The zero-order chi connectivity index (χ0) is 14.7. The van der Waals surface area contributed by atoms with Gasteiger partial charge in [0.1, 0.15) is 6.04 Å². The number of nitrogens with zero attached hydrogens (tertiary/aromatic N) is 2. The summed E-state index contributed by atoms with van der Waals surface area (Å²) >= 11 is 3.25. The highest BCUT2D eigenvalue weighted by atomic mass is 79.9. The zero-order valence-electron chi connectivity index (χ0n) is 10.6. The molecule has 0 aliphatic carbocycles. The minimum absolute atomic E-state index is 0.00591. The molecule has 0 spiro atoms. The molecule has 1 fully saturated rings. The number of nitro groups is 1. The van der Waals surface area contributed by atoms with Crippen LogP contribution < -0.4 is 5.73 Å². The molecule has 20 heavy (non-hydrogen) atoms. The van der Waals surface area contributed by atoms with Crippen LogP contribution >= 0.6 is 15.9 Å². The minimum atomic E-state index is -0.505. The smallest absolute Gasteiger partial charge is 0.283 e. The van der Waals surface area contributed by atoms with Crippen molar-refractivity contribution >= 4 is 27.5 Å². The van der Waals surface area contributed by atoms with Crippen LogP contribution in [0.2, 0.25) is 0 Å². The van der Waals surface area contributed by atoms with E-state index in [0.717, 1.165) is 5.56 Å². The summed E-state index contributed by atoms with van der Waals surface area (Å²) in [7, 11) is 0. The van der Waals surface area contributed by atoms with Crippen LogP contribution in [0.15, 0.2) is 22.7 Å². The number of halogens is 1. The van der Waals surface area contributed by atoms with E-state index in [2.05, 4.69) is 15.9 Å². The fourth-order valence-corrected chi connectivity index (χ4v) is 2.67. The maximum absolute atomic E-state index is 11.4. The molecule has 1 heterocycles. The van der Waals surface area contributed by atoms with Crippen molar-refractivity contribution in [2.75, 3.05) is 19.8 Å². The number of carbonyl (C=O) groups is 1. The number of hydrogen-bond donors (Lipinski definition) is 1. The summed E-state index contributed by atoms with van der Waals surface area (Å²) in [5.74, 6) is -0.453. The molecule has 0 aromatic heterocycles. The lowest BCUT2D eigenvalue weighted by atomic mass is 10.1. The third-order valence-corrected chi connectivity index (χ3v) is 4.11. The van der Waals surface area contributed by atoms with Crippen molar-refractivity contribution in [2.24, 2.45) is 5.73 Å². The molecule has 7 nitrogen and oxygen atoms in total. The Morgan fingerprint density at radius 2 is 2.35 bits per heavy atom. The standard InChI is InChI=1S/C12H14BrN3O4/c13-11-8(2-1-3-9(11)16(18)19)6-15-4-5-20-7-10(15)12(14)17/h1-3,10H,4-7H2,(H2,14,17). The summed E-state index contributed by atoms with van der Waals surface area (Å²) in [6.07, 6.45) is 0. The molecular formula is C12H14BrN3O4. The first-order valence-corrected chi connectivity index (χ1v) is 6.83. The Labute approximate surface area is 124 Å². The second-order valence-electron chi connectivity index (χ2n) is 4.47. The summed E-state index contributed by atoms with van der Waals surface area (Å²) < 4.78 is 5.67. The molecular weight excluding hydrogens is 330 g/mol. The topological polar surface area (TPSA) is 98.7 Å². The largest absolute Gasteiger partial charge is 0.378 e. The Hall–Kier alpha value is -1.51. The quantitative estimate of drug-likeness (QED) is 0.650. The molecule has 2 rings (SSSR count). The van der Waals surface area contributed by atoms with Crippen LogP contribution in [0.25, 0.3) is 0 Å². The number of amides is 1. The third-order valence-electron chi connectivity index (χ3n) is 3.20. The second-order valence-corrected chi connectivity index (χ2v) is 5.26. The third kappa shape index (κ3) is 3.14. The lowest BCUT2D eigenvalue weighted by Crippen LogP contribution is -2.51. The van der Waals surface area contributed by atoms with Crippen LogP contribution in [0.5, 0.6) is 0 Å². The van der Waals surface area contributed by atoms with Crippen molar-refractivity contribution < 1.29 is 14.5 Å². The summed E-state index contributed by atoms with van der Waals surface area (Å²) in [6.45, 7) is 1.72. The van der Waals surface area contributed by atoms with E-state index in [1.807, 2.05) is 4.90 Å². The van der Waals surface area contributed by atoms with E-state index in [0.29, 0.717) is 24.2 Å². The molecule has 1 saturated heterocycles. The van der Waals surface area contributed by atoms with Gasteiger partial charge in [0.2, 0.25) is 5.91 Å². The predicted octanol–water partition coefficient (Wildman–Crippen LogP) is 1.04. The Bertz CT molecular complexity index is 537. The van der Waals surface area contributed by atoms with Gasteiger partial charge in [-0.1, -0.05) is 12.1 Å². The highest BCUT2D eigenvalue weighted by Gasteiger charge is 2.28. The fourth-order valence-electron chi connectivity index (χ4n) is 2.14.